The molecule has 0 radical (unpaired) electrons. The van der Waals surface area contributed by atoms with Crippen LogP contribution in [0.25, 0.3) is 0 Å². The van der Waals surface area contributed by atoms with Crippen molar-refractivity contribution in [1.82, 2.24) is 5.32 Å². The van der Waals surface area contributed by atoms with E-state index in [1.807, 2.05) is 7.05 Å². The highest BCUT2D eigenvalue weighted by atomic mass is 79.9. The highest BCUT2D eigenvalue weighted by Gasteiger charge is 2.18. The molecule has 1 aromatic heterocycles. The topological polar surface area (TPSA) is 12.0 Å². The molecule has 0 amide bonds. The zero-order chi connectivity index (χ0) is 13.3. The van der Waals surface area contributed by atoms with Gasteiger partial charge < -0.3 is 5.32 Å². The molecule has 0 bridgehead atoms. The van der Waals surface area contributed by atoms with Gasteiger partial charge in [0.1, 0.15) is 4.34 Å². The number of aryl methyl sites for hydroxylation is 1. The Morgan fingerprint density at radius 1 is 1.33 bits per heavy atom. The maximum absolute atomic E-state index is 6.13. The molecule has 0 spiro atoms. The summed E-state index contributed by atoms with van der Waals surface area (Å²) in [5, 5.41) is 3.37. The van der Waals surface area contributed by atoms with Crippen LogP contribution in [-0.2, 0) is 0 Å². The molecule has 0 aliphatic rings. The number of rotatable bonds is 3. The minimum absolute atomic E-state index is 0.193. The van der Waals surface area contributed by atoms with Crippen LogP contribution in [0.5, 0.6) is 0 Å². The Morgan fingerprint density at radius 3 is 2.61 bits per heavy atom. The molecule has 0 aliphatic heterocycles. The molecule has 1 N–H and O–H groups in total. The first-order valence-electron chi connectivity index (χ1n) is 5.72. The molecule has 1 unspecified atom stereocenters. The number of halogens is 2. The SMILES string of the molecule is CNC(c1cc(Br)c(Cl)s1)c1cccc(C)c1C. The van der Waals surface area contributed by atoms with Gasteiger partial charge in [-0.3, -0.25) is 0 Å². The van der Waals surface area contributed by atoms with Gasteiger partial charge in [0, 0.05) is 9.35 Å². The van der Waals surface area contributed by atoms with Gasteiger partial charge in [0.2, 0.25) is 0 Å². The summed E-state index contributed by atoms with van der Waals surface area (Å²) in [5.41, 5.74) is 3.95. The van der Waals surface area contributed by atoms with E-state index >= 15 is 0 Å². The fourth-order valence-corrected chi connectivity index (χ4v) is 3.91. The number of thiophene rings is 1. The molecule has 0 saturated heterocycles. The van der Waals surface area contributed by atoms with Crippen LogP contribution in [0.2, 0.25) is 4.34 Å². The van der Waals surface area contributed by atoms with Gasteiger partial charge in [0.05, 0.1) is 6.04 Å². The number of hydrogen-bond donors (Lipinski definition) is 1. The fraction of sp³-hybridized carbons (Fsp3) is 0.286. The van der Waals surface area contributed by atoms with Crippen LogP contribution in [0.3, 0.4) is 0 Å². The molecule has 0 fully saturated rings. The Balaban J connectivity index is 2.48. The Labute approximate surface area is 125 Å². The van der Waals surface area contributed by atoms with Gasteiger partial charge in [-0.2, -0.15) is 0 Å². The molecule has 0 aliphatic carbocycles. The predicted molar refractivity (Wildman–Crippen MR) is 83.8 cm³/mol. The fourth-order valence-electron chi connectivity index (χ4n) is 2.04. The van der Waals surface area contributed by atoms with Crippen molar-refractivity contribution in [3.8, 4) is 0 Å². The van der Waals surface area contributed by atoms with Crippen molar-refractivity contribution in [3.05, 3.63) is 54.6 Å². The van der Waals surface area contributed by atoms with Crippen LogP contribution in [0.15, 0.2) is 28.7 Å². The second-order valence-corrected chi connectivity index (χ2v) is 6.82. The van der Waals surface area contributed by atoms with Crippen molar-refractivity contribution >= 4 is 38.9 Å². The van der Waals surface area contributed by atoms with Crippen molar-refractivity contribution in [2.24, 2.45) is 0 Å². The Bertz CT molecular complexity index is 545. The van der Waals surface area contributed by atoms with Crippen molar-refractivity contribution in [1.29, 1.82) is 0 Å². The molecular formula is C14H15BrClNS. The van der Waals surface area contributed by atoms with E-state index in [0.717, 1.165) is 8.81 Å². The second-order valence-electron chi connectivity index (χ2n) is 4.28. The van der Waals surface area contributed by atoms with Crippen molar-refractivity contribution in [2.75, 3.05) is 7.05 Å². The van der Waals surface area contributed by atoms with Crippen LogP contribution in [0.4, 0.5) is 0 Å². The molecule has 1 nitrogen and oxygen atoms in total. The van der Waals surface area contributed by atoms with Gasteiger partial charge >= 0.3 is 0 Å². The third-order valence-corrected chi connectivity index (χ3v) is 5.73. The standard InChI is InChI=1S/C14H15BrClNS/c1-8-5-4-6-10(9(8)2)13(17-3)12-7-11(15)14(16)18-12/h4-7,13,17H,1-3H3. The summed E-state index contributed by atoms with van der Waals surface area (Å²) in [4.78, 5) is 1.23. The smallest absolute Gasteiger partial charge is 0.107 e. The Kier molecular flexibility index (Phi) is 4.49. The van der Waals surface area contributed by atoms with Crippen LogP contribution in [0, 0.1) is 13.8 Å². The zero-order valence-corrected chi connectivity index (χ0v) is 13.7. The van der Waals surface area contributed by atoms with E-state index < -0.39 is 0 Å². The largest absolute Gasteiger partial charge is 0.309 e. The van der Waals surface area contributed by atoms with Gasteiger partial charge in [0.15, 0.2) is 0 Å². The average Bonchev–Trinajstić information content (AvgIpc) is 2.66. The first kappa shape index (κ1) is 14.1. The third kappa shape index (κ3) is 2.64. The Morgan fingerprint density at radius 2 is 2.06 bits per heavy atom. The van der Waals surface area contributed by atoms with Crippen LogP contribution in [0.1, 0.15) is 27.6 Å². The van der Waals surface area contributed by atoms with Crippen LogP contribution in [-0.4, -0.2) is 7.05 Å². The normalized spacial score (nSPS) is 12.7. The molecule has 4 heteroatoms. The Hall–Kier alpha value is -0.350. The molecule has 0 saturated carbocycles. The monoisotopic (exact) mass is 343 g/mol. The molecule has 1 heterocycles. The minimum atomic E-state index is 0.193. The van der Waals surface area contributed by atoms with Crippen LogP contribution >= 0.6 is 38.9 Å². The summed E-state index contributed by atoms with van der Waals surface area (Å²) in [7, 11) is 1.98. The van der Waals surface area contributed by atoms with Crippen LogP contribution < -0.4 is 5.32 Å². The van der Waals surface area contributed by atoms with Gasteiger partial charge in [-0.25, -0.2) is 0 Å². The van der Waals surface area contributed by atoms with E-state index in [2.05, 4.69) is 59.4 Å². The summed E-state index contributed by atoms with van der Waals surface area (Å²) in [6.07, 6.45) is 0. The van der Waals surface area contributed by atoms with E-state index in [4.69, 9.17) is 11.6 Å². The number of hydrogen-bond acceptors (Lipinski definition) is 2. The average molecular weight is 345 g/mol. The molecule has 2 rings (SSSR count). The van der Waals surface area contributed by atoms with Gasteiger partial charge in [0.25, 0.3) is 0 Å². The second kappa shape index (κ2) is 5.74. The molecular weight excluding hydrogens is 330 g/mol. The first-order valence-corrected chi connectivity index (χ1v) is 7.71. The van der Waals surface area contributed by atoms with Gasteiger partial charge in [-0.05, 0) is 59.6 Å². The van der Waals surface area contributed by atoms with Crippen molar-refractivity contribution in [2.45, 2.75) is 19.9 Å². The highest BCUT2D eigenvalue weighted by molar-refractivity contribution is 9.10. The summed E-state index contributed by atoms with van der Waals surface area (Å²) < 4.78 is 1.77. The quantitative estimate of drug-likeness (QED) is 0.818. The summed E-state index contributed by atoms with van der Waals surface area (Å²) in [6.45, 7) is 4.31. The minimum Gasteiger partial charge on any atom is -0.309 e. The predicted octanol–water partition coefficient (Wildman–Crippen LogP) is 5.09. The summed E-state index contributed by atoms with van der Waals surface area (Å²) in [6, 6.07) is 8.70. The molecule has 96 valence electrons. The van der Waals surface area contributed by atoms with E-state index in [1.54, 1.807) is 11.3 Å². The maximum Gasteiger partial charge on any atom is 0.107 e. The molecule has 1 atom stereocenters. The van der Waals surface area contributed by atoms with Gasteiger partial charge in [-0.1, -0.05) is 29.8 Å². The number of nitrogens with one attached hydrogen (secondary N) is 1. The maximum atomic E-state index is 6.13. The molecule has 2 aromatic rings. The lowest BCUT2D eigenvalue weighted by atomic mass is 9.96. The van der Waals surface area contributed by atoms with E-state index in [-0.39, 0.29) is 6.04 Å². The van der Waals surface area contributed by atoms with E-state index in [0.29, 0.717) is 0 Å². The first-order chi connectivity index (χ1) is 8.54. The van der Waals surface area contributed by atoms with Crippen molar-refractivity contribution in [3.63, 3.8) is 0 Å². The molecule has 18 heavy (non-hydrogen) atoms. The lowest BCUT2D eigenvalue weighted by molar-refractivity contribution is 0.698. The van der Waals surface area contributed by atoms with Gasteiger partial charge in [-0.15, -0.1) is 11.3 Å². The van der Waals surface area contributed by atoms with Crippen molar-refractivity contribution < 1.29 is 0 Å². The number of benzene rings is 1. The lowest BCUT2D eigenvalue weighted by Crippen LogP contribution is -2.17. The van der Waals surface area contributed by atoms with E-state index in [9.17, 15) is 0 Å². The van der Waals surface area contributed by atoms with E-state index in [1.165, 1.54) is 21.6 Å². The summed E-state index contributed by atoms with van der Waals surface area (Å²) >= 11 is 11.2. The lowest BCUT2D eigenvalue weighted by Gasteiger charge is -2.18. The molecule has 1 aromatic carbocycles. The third-order valence-electron chi connectivity index (χ3n) is 3.19. The highest BCUT2D eigenvalue weighted by Crippen LogP contribution is 2.38. The zero-order valence-electron chi connectivity index (χ0n) is 10.6. The summed E-state index contributed by atoms with van der Waals surface area (Å²) in [5.74, 6) is 0.